The molecule has 0 spiro atoms. The maximum atomic E-state index is 5.80. The summed E-state index contributed by atoms with van der Waals surface area (Å²) in [5.74, 6) is 0. The fourth-order valence-corrected chi connectivity index (χ4v) is 2.68. The number of unbranched alkanes of at least 4 members (excludes halogenated alkanes) is 7. The summed E-state index contributed by atoms with van der Waals surface area (Å²) in [6, 6.07) is 0. The van der Waals surface area contributed by atoms with E-state index >= 15 is 0 Å². The lowest BCUT2D eigenvalue weighted by molar-refractivity contribution is -0.00772. The Morgan fingerprint density at radius 3 is 2.15 bits per heavy atom. The molecule has 1 N–H and O–H groups in total. The summed E-state index contributed by atoms with van der Waals surface area (Å²) in [7, 11) is 0. The molecular formula is C17H35NO2. The molecule has 1 heterocycles. The Labute approximate surface area is 125 Å². The van der Waals surface area contributed by atoms with E-state index in [0.717, 1.165) is 45.8 Å². The van der Waals surface area contributed by atoms with Gasteiger partial charge >= 0.3 is 0 Å². The Balaban J connectivity index is 1.70. The summed E-state index contributed by atoms with van der Waals surface area (Å²) in [6.07, 6.45) is 13.6. The molecule has 1 fully saturated rings. The summed E-state index contributed by atoms with van der Waals surface area (Å²) in [5, 5.41) is 3.35. The van der Waals surface area contributed by atoms with Crippen molar-refractivity contribution in [1.82, 2.24) is 5.32 Å². The molecule has 0 bridgehead atoms. The summed E-state index contributed by atoms with van der Waals surface area (Å²) in [5.41, 5.74) is 0. The van der Waals surface area contributed by atoms with Gasteiger partial charge in [-0.25, -0.2) is 0 Å². The summed E-state index contributed by atoms with van der Waals surface area (Å²) >= 11 is 0. The highest BCUT2D eigenvalue weighted by molar-refractivity contribution is 4.67. The van der Waals surface area contributed by atoms with Gasteiger partial charge < -0.3 is 14.8 Å². The van der Waals surface area contributed by atoms with Crippen LogP contribution in [0, 0.1) is 0 Å². The fraction of sp³-hybridized carbons (Fsp3) is 1.00. The average Bonchev–Trinajstić information content (AvgIpc) is 2.49. The normalized spacial score (nSPS) is 16.6. The number of rotatable bonds is 13. The minimum absolute atomic E-state index is 0.461. The molecule has 0 aliphatic carbocycles. The SMILES string of the molecule is CCCCCCCCCCOCCOC1CCNCC1. The molecule has 0 atom stereocenters. The largest absolute Gasteiger partial charge is 0.379 e. The van der Waals surface area contributed by atoms with Gasteiger partial charge in [-0.3, -0.25) is 0 Å². The number of ether oxygens (including phenoxy) is 2. The standard InChI is InChI=1S/C17H35NO2/c1-2-3-4-5-6-7-8-9-14-19-15-16-20-17-10-12-18-13-11-17/h17-18H,2-16H2,1H3. The third-order valence-corrected chi connectivity index (χ3v) is 4.01. The predicted molar refractivity (Wildman–Crippen MR) is 85.3 cm³/mol. The van der Waals surface area contributed by atoms with Crippen LogP contribution in [0.5, 0.6) is 0 Å². The Bertz CT molecular complexity index is 193. The molecule has 3 heteroatoms. The summed E-state index contributed by atoms with van der Waals surface area (Å²) < 4.78 is 11.4. The van der Waals surface area contributed by atoms with E-state index in [2.05, 4.69) is 12.2 Å². The maximum Gasteiger partial charge on any atom is 0.0704 e. The molecular weight excluding hydrogens is 250 g/mol. The van der Waals surface area contributed by atoms with Gasteiger partial charge in [0.25, 0.3) is 0 Å². The van der Waals surface area contributed by atoms with Crippen molar-refractivity contribution < 1.29 is 9.47 Å². The van der Waals surface area contributed by atoms with Crippen molar-refractivity contribution in [2.75, 3.05) is 32.9 Å². The van der Waals surface area contributed by atoms with Crippen LogP contribution in [0.1, 0.15) is 71.1 Å². The van der Waals surface area contributed by atoms with E-state index in [1.54, 1.807) is 0 Å². The lowest BCUT2D eigenvalue weighted by atomic mass is 10.1. The molecule has 1 aliphatic rings. The first kappa shape index (κ1) is 17.9. The van der Waals surface area contributed by atoms with Gasteiger partial charge in [0, 0.05) is 6.61 Å². The van der Waals surface area contributed by atoms with Crippen molar-refractivity contribution in [3.05, 3.63) is 0 Å². The number of nitrogens with one attached hydrogen (secondary N) is 1. The van der Waals surface area contributed by atoms with Crippen LogP contribution in [0.4, 0.5) is 0 Å². The van der Waals surface area contributed by atoms with Gasteiger partial charge in [-0.1, -0.05) is 51.9 Å². The molecule has 1 saturated heterocycles. The fourth-order valence-electron chi connectivity index (χ4n) is 2.68. The molecule has 0 aromatic heterocycles. The van der Waals surface area contributed by atoms with Crippen LogP contribution in [0.2, 0.25) is 0 Å². The van der Waals surface area contributed by atoms with Crippen molar-refractivity contribution in [2.45, 2.75) is 77.2 Å². The Hall–Kier alpha value is -0.120. The van der Waals surface area contributed by atoms with Crippen molar-refractivity contribution in [1.29, 1.82) is 0 Å². The van der Waals surface area contributed by atoms with Crippen LogP contribution < -0.4 is 5.32 Å². The third-order valence-electron chi connectivity index (χ3n) is 4.01. The van der Waals surface area contributed by atoms with E-state index in [-0.39, 0.29) is 0 Å². The Morgan fingerprint density at radius 1 is 0.800 bits per heavy atom. The second-order valence-corrected chi connectivity index (χ2v) is 5.91. The molecule has 0 saturated carbocycles. The molecule has 120 valence electrons. The molecule has 0 unspecified atom stereocenters. The average molecular weight is 285 g/mol. The van der Waals surface area contributed by atoms with Crippen LogP contribution in [0.3, 0.4) is 0 Å². The van der Waals surface area contributed by atoms with Gasteiger partial charge in [0.2, 0.25) is 0 Å². The lowest BCUT2D eigenvalue weighted by Gasteiger charge is -2.22. The minimum atomic E-state index is 0.461. The highest BCUT2D eigenvalue weighted by Crippen LogP contribution is 2.09. The van der Waals surface area contributed by atoms with Crippen LogP contribution in [-0.2, 0) is 9.47 Å². The molecule has 0 radical (unpaired) electrons. The van der Waals surface area contributed by atoms with Crippen molar-refractivity contribution in [3.8, 4) is 0 Å². The van der Waals surface area contributed by atoms with Gasteiger partial charge in [0.05, 0.1) is 19.3 Å². The highest BCUT2D eigenvalue weighted by atomic mass is 16.5. The van der Waals surface area contributed by atoms with E-state index < -0.39 is 0 Å². The smallest absolute Gasteiger partial charge is 0.0704 e. The first-order chi connectivity index (χ1) is 9.93. The van der Waals surface area contributed by atoms with Gasteiger partial charge in [-0.2, -0.15) is 0 Å². The predicted octanol–water partition coefficient (Wildman–Crippen LogP) is 3.91. The second-order valence-electron chi connectivity index (χ2n) is 5.91. The van der Waals surface area contributed by atoms with Gasteiger partial charge in [-0.15, -0.1) is 0 Å². The summed E-state index contributed by atoms with van der Waals surface area (Å²) in [4.78, 5) is 0. The van der Waals surface area contributed by atoms with Crippen LogP contribution >= 0.6 is 0 Å². The van der Waals surface area contributed by atoms with E-state index in [4.69, 9.17) is 9.47 Å². The van der Waals surface area contributed by atoms with E-state index in [1.807, 2.05) is 0 Å². The van der Waals surface area contributed by atoms with Crippen LogP contribution in [-0.4, -0.2) is 39.0 Å². The van der Waals surface area contributed by atoms with Gasteiger partial charge in [0.1, 0.15) is 0 Å². The molecule has 0 aromatic carbocycles. The molecule has 1 aliphatic heterocycles. The summed E-state index contributed by atoms with van der Waals surface area (Å²) in [6.45, 7) is 6.91. The lowest BCUT2D eigenvalue weighted by Crippen LogP contribution is -2.33. The minimum Gasteiger partial charge on any atom is -0.379 e. The van der Waals surface area contributed by atoms with Crippen LogP contribution in [0.25, 0.3) is 0 Å². The highest BCUT2D eigenvalue weighted by Gasteiger charge is 2.12. The number of hydrogen-bond donors (Lipinski definition) is 1. The van der Waals surface area contributed by atoms with E-state index in [9.17, 15) is 0 Å². The number of piperidine rings is 1. The third kappa shape index (κ3) is 10.6. The van der Waals surface area contributed by atoms with E-state index in [1.165, 1.54) is 51.4 Å². The Kier molecular flexibility index (Phi) is 12.4. The Morgan fingerprint density at radius 2 is 1.45 bits per heavy atom. The van der Waals surface area contributed by atoms with Crippen molar-refractivity contribution >= 4 is 0 Å². The molecule has 0 aromatic rings. The second kappa shape index (κ2) is 13.8. The zero-order valence-electron chi connectivity index (χ0n) is 13.5. The topological polar surface area (TPSA) is 30.5 Å². The first-order valence-electron chi connectivity index (χ1n) is 8.83. The van der Waals surface area contributed by atoms with Crippen molar-refractivity contribution in [3.63, 3.8) is 0 Å². The zero-order chi connectivity index (χ0) is 14.3. The molecule has 0 amide bonds. The zero-order valence-corrected chi connectivity index (χ0v) is 13.5. The van der Waals surface area contributed by atoms with Gasteiger partial charge in [0.15, 0.2) is 0 Å². The van der Waals surface area contributed by atoms with Gasteiger partial charge in [-0.05, 0) is 32.4 Å². The molecule has 20 heavy (non-hydrogen) atoms. The first-order valence-corrected chi connectivity index (χ1v) is 8.83. The number of hydrogen-bond acceptors (Lipinski definition) is 3. The van der Waals surface area contributed by atoms with Crippen molar-refractivity contribution in [2.24, 2.45) is 0 Å². The monoisotopic (exact) mass is 285 g/mol. The quantitative estimate of drug-likeness (QED) is 0.520. The maximum absolute atomic E-state index is 5.80. The molecule has 1 rings (SSSR count). The van der Waals surface area contributed by atoms with E-state index in [0.29, 0.717) is 6.10 Å². The van der Waals surface area contributed by atoms with Crippen LogP contribution in [0.15, 0.2) is 0 Å². The molecule has 3 nitrogen and oxygen atoms in total.